The Hall–Kier alpha value is -2.22. The van der Waals surface area contributed by atoms with Gasteiger partial charge in [-0.1, -0.05) is 6.92 Å². The average molecular weight is 398 g/mol. The van der Waals surface area contributed by atoms with Crippen LogP contribution in [0.4, 0.5) is 4.39 Å². The minimum absolute atomic E-state index is 0.242. The molecule has 1 saturated heterocycles. The zero-order chi connectivity index (χ0) is 19.3. The lowest BCUT2D eigenvalue weighted by atomic mass is 9.99. The first-order valence-electron chi connectivity index (χ1n) is 9.75. The zero-order valence-corrected chi connectivity index (χ0v) is 16.7. The Morgan fingerprint density at radius 2 is 1.93 bits per heavy atom. The topological polar surface area (TPSA) is 62.7 Å². The van der Waals surface area contributed by atoms with Crippen molar-refractivity contribution in [3.05, 3.63) is 53.2 Å². The predicted octanol–water partition coefficient (Wildman–Crippen LogP) is 3.98. The highest BCUT2D eigenvalue weighted by Crippen LogP contribution is 2.40. The number of aromatic nitrogens is 3. The Morgan fingerprint density at radius 3 is 2.68 bits per heavy atom. The molecule has 146 valence electrons. The molecular formula is C21H24FN5S. The Balaban J connectivity index is 1.75. The van der Waals surface area contributed by atoms with Crippen molar-refractivity contribution in [1.82, 2.24) is 25.6 Å². The van der Waals surface area contributed by atoms with E-state index in [2.05, 4.69) is 22.5 Å². The van der Waals surface area contributed by atoms with E-state index in [-0.39, 0.29) is 5.82 Å². The summed E-state index contributed by atoms with van der Waals surface area (Å²) in [7, 11) is 0. The first-order valence-corrected chi connectivity index (χ1v) is 10.6. The Kier molecular flexibility index (Phi) is 6.04. The van der Waals surface area contributed by atoms with Gasteiger partial charge in [0.1, 0.15) is 11.6 Å². The Labute approximate surface area is 168 Å². The van der Waals surface area contributed by atoms with E-state index >= 15 is 0 Å². The van der Waals surface area contributed by atoms with Crippen LogP contribution in [-0.4, -0.2) is 34.6 Å². The predicted molar refractivity (Wildman–Crippen MR) is 111 cm³/mol. The van der Waals surface area contributed by atoms with Gasteiger partial charge in [0, 0.05) is 17.7 Å². The molecule has 0 saturated carbocycles. The van der Waals surface area contributed by atoms with Crippen LogP contribution in [0.3, 0.4) is 0 Å². The summed E-state index contributed by atoms with van der Waals surface area (Å²) < 4.78 is 13.4. The maximum atomic E-state index is 13.4. The van der Waals surface area contributed by atoms with Crippen LogP contribution in [0.2, 0.25) is 0 Å². The summed E-state index contributed by atoms with van der Waals surface area (Å²) in [6.07, 6.45) is 3.98. The van der Waals surface area contributed by atoms with Gasteiger partial charge in [-0.05, 0) is 62.8 Å². The summed E-state index contributed by atoms with van der Waals surface area (Å²) in [5.41, 5.74) is 2.67. The molecule has 7 heteroatoms. The monoisotopic (exact) mass is 397 g/mol. The van der Waals surface area contributed by atoms with Crippen LogP contribution >= 0.6 is 11.3 Å². The molecule has 1 aliphatic heterocycles. The number of nitrogens with one attached hydrogen (secondary N) is 2. The van der Waals surface area contributed by atoms with Crippen molar-refractivity contribution >= 4 is 11.3 Å². The van der Waals surface area contributed by atoms with Crippen molar-refractivity contribution in [3.8, 4) is 21.8 Å². The van der Waals surface area contributed by atoms with E-state index in [1.165, 1.54) is 12.1 Å². The molecule has 2 aromatic heterocycles. The molecule has 0 spiro atoms. The van der Waals surface area contributed by atoms with Gasteiger partial charge in [0.05, 0.1) is 27.8 Å². The summed E-state index contributed by atoms with van der Waals surface area (Å²) in [5.74, 6) is 0.984. The summed E-state index contributed by atoms with van der Waals surface area (Å²) in [4.78, 5) is 15.1. The molecule has 0 amide bonds. The van der Waals surface area contributed by atoms with Crippen LogP contribution in [-0.2, 0) is 6.54 Å². The van der Waals surface area contributed by atoms with Crippen molar-refractivity contribution in [3.63, 3.8) is 0 Å². The highest BCUT2D eigenvalue weighted by Gasteiger charge is 2.23. The summed E-state index contributed by atoms with van der Waals surface area (Å²) >= 11 is 1.71. The third-order valence-corrected chi connectivity index (χ3v) is 6.16. The summed E-state index contributed by atoms with van der Waals surface area (Å²) in [5, 5.41) is 7.82. The second-order valence-electron chi connectivity index (χ2n) is 6.90. The smallest absolute Gasteiger partial charge is 0.142 e. The molecule has 1 aliphatic rings. The Morgan fingerprint density at radius 1 is 1.14 bits per heavy atom. The molecule has 5 nitrogen and oxygen atoms in total. The van der Waals surface area contributed by atoms with Crippen molar-refractivity contribution < 1.29 is 4.39 Å². The van der Waals surface area contributed by atoms with E-state index in [0.29, 0.717) is 12.5 Å². The summed E-state index contributed by atoms with van der Waals surface area (Å²) in [6, 6.07) is 8.49. The van der Waals surface area contributed by atoms with Crippen molar-refractivity contribution in [1.29, 1.82) is 0 Å². The lowest BCUT2D eigenvalue weighted by molar-refractivity contribution is 0.459. The van der Waals surface area contributed by atoms with Gasteiger partial charge >= 0.3 is 0 Å². The van der Waals surface area contributed by atoms with E-state index in [4.69, 9.17) is 9.97 Å². The molecule has 0 aliphatic carbocycles. The summed E-state index contributed by atoms with van der Waals surface area (Å²) in [6.45, 7) is 5.60. The molecule has 2 N–H and O–H groups in total. The molecule has 3 aromatic rings. The minimum Gasteiger partial charge on any atom is -0.317 e. The van der Waals surface area contributed by atoms with Crippen LogP contribution in [0.1, 0.15) is 36.5 Å². The van der Waals surface area contributed by atoms with E-state index in [1.54, 1.807) is 29.7 Å². The first-order chi connectivity index (χ1) is 13.7. The van der Waals surface area contributed by atoms with Crippen molar-refractivity contribution in [2.24, 2.45) is 0 Å². The average Bonchev–Trinajstić information content (AvgIpc) is 3.19. The normalized spacial score (nSPS) is 15.1. The minimum atomic E-state index is -0.242. The number of hydrogen-bond donors (Lipinski definition) is 2. The largest absolute Gasteiger partial charge is 0.317 e. The van der Waals surface area contributed by atoms with Gasteiger partial charge in [-0.15, -0.1) is 11.3 Å². The molecular weight excluding hydrogens is 373 g/mol. The van der Waals surface area contributed by atoms with Crippen LogP contribution in [0.15, 0.2) is 36.5 Å². The number of nitrogens with zero attached hydrogens (tertiary/aromatic N) is 3. The lowest BCUT2D eigenvalue weighted by Gasteiger charge is -2.20. The fourth-order valence-corrected chi connectivity index (χ4v) is 4.63. The molecule has 1 fully saturated rings. The molecule has 0 bridgehead atoms. The van der Waals surface area contributed by atoms with Crippen LogP contribution in [0.25, 0.3) is 21.8 Å². The van der Waals surface area contributed by atoms with E-state index in [1.807, 2.05) is 6.07 Å². The van der Waals surface area contributed by atoms with Gasteiger partial charge in [0.25, 0.3) is 0 Å². The molecule has 0 atom stereocenters. The van der Waals surface area contributed by atoms with Gasteiger partial charge in [-0.2, -0.15) is 0 Å². The van der Waals surface area contributed by atoms with Gasteiger partial charge in [-0.25, -0.2) is 19.3 Å². The van der Waals surface area contributed by atoms with Gasteiger partial charge in [0.15, 0.2) is 0 Å². The highest BCUT2D eigenvalue weighted by atomic mass is 32.1. The van der Waals surface area contributed by atoms with Crippen LogP contribution < -0.4 is 10.6 Å². The van der Waals surface area contributed by atoms with Crippen molar-refractivity contribution in [2.45, 2.75) is 32.2 Å². The number of piperidine rings is 1. The fraction of sp³-hybridized carbons (Fsp3) is 0.381. The standard InChI is InChI=1S/C21H24FN5S/c1-2-23-13-18-25-12-9-17(26-18)20-19(14-3-5-16(22)6-4-14)27-21(28-20)15-7-10-24-11-8-15/h3-6,9,12,15,23-24H,2,7-8,10-11,13H2,1H3. The molecule has 0 radical (unpaired) electrons. The second-order valence-corrected chi connectivity index (χ2v) is 7.93. The fourth-order valence-electron chi connectivity index (χ4n) is 3.40. The lowest BCUT2D eigenvalue weighted by Crippen LogP contribution is -2.26. The van der Waals surface area contributed by atoms with Gasteiger partial charge in [-0.3, -0.25) is 0 Å². The number of benzene rings is 1. The number of halogens is 1. The third-order valence-electron chi connectivity index (χ3n) is 4.92. The maximum absolute atomic E-state index is 13.4. The van der Waals surface area contributed by atoms with Gasteiger partial charge < -0.3 is 10.6 Å². The molecule has 3 heterocycles. The number of hydrogen-bond acceptors (Lipinski definition) is 6. The van der Waals surface area contributed by atoms with Gasteiger partial charge in [0.2, 0.25) is 0 Å². The highest BCUT2D eigenvalue weighted by molar-refractivity contribution is 7.15. The van der Waals surface area contributed by atoms with E-state index in [0.717, 1.165) is 65.1 Å². The van der Waals surface area contributed by atoms with E-state index in [9.17, 15) is 4.39 Å². The Bertz CT molecular complexity index is 919. The van der Waals surface area contributed by atoms with Crippen LogP contribution in [0, 0.1) is 5.82 Å². The zero-order valence-electron chi connectivity index (χ0n) is 15.9. The molecule has 28 heavy (non-hydrogen) atoms. The second kappa shape index (κ2) is 8.86. The SMILES string of the molecule is CCNCc1nccc(-c2sc(C3CCNCC3)nc2-c2ccc(F)cc2)n1. The number of rotatable bonds is 6. The molecule has 0 unspecified atom stereocenters. The maximum Gasteiger partial charge on any atom is 0.142 e. The molecule has 4 rings (SSSR count). The third kappa shape index (κ3) is 4.27. The van der Waals surface area contributed by atoms with Crippen molar-refractivity contribution in [2.75, 3.05) is 19.6 Å². The molecule has 1 aromatic carbocycles. The first kappa shape index (κ1) is 19.1. The van der Waals surface area contributed by atoms with Crippen LogP contribution in [0.5, 0.6) is 0 Å². The quantitative estimate of drug-likeness (QED) is 0.659. The van der Waals surface area contributed by atoms with E-state index < -0.39 is 0 Å². The number of thiazole rings is 1.